The Morgan fingerprint density at radius 2 is 1.62 bits per heavy atom. The maximum atomic E-state index is 9.18. The fourth-order valence-corrected chi connectivity index (χ4v) is 0. The Kier molecular flexibility index (Phi) is 2.92. The molecule has 8 heavy (non-hydrogen) atoms. The molecule has 0 amide bonds. The Labute approximate surface area is 62.2 Å². The highest BCUT2D eigenvalue weighted by molar-refractivity contribution is 9.05. The Bertz CT molecular complexity index is 121. The lowest BCUT2D eigenvalue weighted by Crippen LogP contribution is -1.86. The summed E-state index contributed by atoms with van der Waals surface area (Å²) < 4.78 is -2.24. The lowest BCUT2D eigenvalue weighted by molar-refractivity contribution is 0.653. The van der Waals surface area contributed by atoms with Gasteiger partial charge in [-0.15, -0.1) is 12.2 Å². The third-order valence-electron chi connectivity index (χ3n) is 0.714. The van der Waals surface area contributed by atoms with Crippen molar-refractivity contribution in [3.05, 3.63) is 0 Å². The van der Waals surface area contributed by atoms with Crippen LogP contribution in [0.3, 0.4) is 0 Å². The molecule has 0 saturated carbocycles. The van der Waals surface area contributed by atoms with Crippen LogP contribution in [-0.4, -0.2) is 23.7 Å². The van der Waals surface area contributed by atoms with Gasteiger partial charge in [0.05, 0.1) is 0 Å². The average molecular weight is 190 g/mol. The lowest BCUT2D eigenvalue weighted by Gasteiger charge is -2.30. The van der Waals surface area contributed by atoms with Gasteiger partial charge in [0.15, 0.2) is 4.67 Å². The molecule has 0 rings (SSSR count). The summed E-state index contributed by atoms with van der Waals surface area (Å²) in [6, 6.07) is 0. The van der Waals surface area contributed by atoms with Crippen molar-refractivity contribution in [1.29, 1.82) is 0 Å². The molecule has 1 nitrogen and oxygen atoms in total. The molecule has 0 aliphatic heterocycles. The molecule has 0 aliphatic carbocycles. The molecular weight excluding hydrogens is 179 g/mol. The van der Waals surface area contributed by atoms with Crippen molar-refractivity contribution >= 4 is 38.4 Å². The predicted molar refractivity (Wildman–Crippen MR) is 50.9 cm³/mol. The molecule has 0 bridgehead atoms. The van der Waals surface area contributed by atoms with Crippen LogP contribution in [0.1, 0.15) is 0 Å². The smallest absolute Gasteiger partial charge is 0.151 e. The van der Waals surface area contributed by atoms with Gasteiger partial charge in [-0.3, -0.25) is 0 Å². The van der Waals surface area contributed by atoms with Crippen molar-refractivity contribution in [3.8, 4) is 0 Å². The number of hydrogen-bond donors (Lipinski definition) is 2. The molecule has 1 atom stereocenters. The van der Waals surface area contributed by atoms with Crippen molar-refractivity contribution < 1.29 is 4.89 Å². The monoisotopic (exact) mass is 190 g/mol. The van der Waals surface area contributed by atoms with Gasteiger partial charge in [-0.1, -0.05) is 0 Å². The van der Waals surface area contributed by atoms with Crippen molar-refractivity contribution in [2.45, 2.75) is 0 Å². The molecule has 0 saturated heterocycles. The summed E-state index contributed by atoms with van der Waals surface area (Å²) in [6.07, 6.45) is 5.92. The first kappa shape index (κ1) is 9.31. The molecule has 0 aromatic carbocycles. The van der Waals surface area contributed by atoms with Crippen LogP contribution < -0.4 is 0 Å². The summed E-state index contributed by atoms with van der Waals surface area (Å²) in [6.45, 7) is 0. The van der Waals surface area contributed by atoms with Crippen LogP contribution in [0.4, 0.5) is 0 Å². The zero-order valence-electron chi connectivity index (χ0n) is 5.16. The summed E-state index contributed by atoms with van der Waals surface area (Å²) in [5, 5.41) is 0. The summed E-state index contributed by atoms with van der Waals surface area (Å²) >= 11 is 8.74. The van der Waals surface area contributed by atoms with Gasteiger partial charge in [-0.2, -0.15) is 9.65 Å². The second-order valence-corrected chi connectivity index (χ2v) is 17.3. The number of thiol groups is 1. The largest absolute Gasteiger partial charge is 0.351 e. The molecule has 52 valence electrons. The molecule has 0 aromatic heterocycles. The van der Waals surface area contributed by atoms with Gasteiger partial charge in [-0.05, 0) is 30.6 Å². The molecule has 0 aromatic rings. The van der Waals surface area contributed by atoms with Crippen LogP contribution in [0.15, 0.2) is 0 Å². The zero-order valence-corrected chi connectivity index (χ0v) is 8.58. The summed E-state index contributed by atoms with van der Waals surface area (Å²) in [5.74, 6) is 0. The van der Waals surface area contributed by atoms with Crippen LogP contribution in [0.2, 0.25) is 0 Å². The van der Waals surface area contributed by atoms with E-state index in [-0.39, 0.29) is 0 Å². The van der Waals surface area contributed by atoms with Crippen LogP contribution in [0.5, 0.6) is 0 Å². The second kappa shape index (κ2) is 2.51. The van der Waals surface area contributed by atoms with E-state index in [0.717, 1.165) is 0 Å². The molecule has 1 unspecified atom stereocenters. The minimum absolute atomic E-state index is 0.995. The molecule has 5 heteroatoms. The van der Waals surface area contributed by atoms with E-state index >= 15 is 0 Å². The van der Waals surface area contributed by atoms with E-state index < -0.39 is 14.3 Å². The number of hydrogen-bond acceptors (Lipinski definition) is 1. The van der Waals surface area contributed by atoms with Crippen LogP contribution in [0, 0.1) is 0 Å². The molecule has 0 aliphatic rings. The van der Waals surface area contributed by atoms with Gasteiger partial charge in [0, 0.05) is 0 Å². The van der Waals surface area contributed by atoms with Gasteiger partial charge in [0.2, 0.25) is 0 Å². The highest BCUT2D eigenvalue weighted by Crippen LogP contribution is 2.76. The minimum atomic E-state index is -2.24. The van der Waals surface area contributed by atoms with E-state index in [1.54, 1.807) is 0 Å². The minimum Gasteiger partial charge on any atom is -0.351 e. The lowest BCUT2D eigenvalue weighted by atomic mass is 11.9. The van der Waals surface area contributed by atoms with Crippen molar-refractivity contribution in [2.75, 3.05) is 18.8 Å². The quantitative estimate of drug-likeness (QED) is 0.486. The Hall–Kier alpha value is 1.31. The fourth-order valence-electron chi connectivity index (χ4n) is 0. The number of rotatable bonds is 1. The SMILES string of the molecule is CS(C)(C)P(O)(=S)S. The van der Waals surface area contributed by atoms with Crippen molar-refractivity contribution in [2.24, 2.45) is 0 Å². The maximum Gasteiger partial charge on any atom is 0.151 e. The molecule has 0 spiro atoms. The molecule has 0 radical (unpaired) electrons. The average Bonchev–Trinajstić information content (AvgIpc) is 1.25. The first-order valence-electron chi connectivity index (χ1n) is 1.99. The first-order valence-corrected chi connectivity index (χ1v) is 9.36. The topological polar surface area (TPSA) is 20.2 Å². The van der Waals surface area contributed by atoms with E-state index in [0.29, 0.717) is 0 Å². The first-order chi connectivity index (χ1) is 3.25. The van der Waals surface area contributed by atoms with Crippen molar-refractivity contribution in [1.82, 2.24) is 0 Å². The molecule has 0 heterocycles. The van der Waals surface area contributed by atoms with E-state index in [4.69, 9.17) is 11.8 Å². The van der Waals surface area contributed by atoms with Crippen LogP contribution >= 0.6 is 26.6 Å². The summed E-state index contributed by atoms with van der Waals surface area (Å²) in [5.41, 5.74) is 0. The van der Waals surface area contributed by atoms with Gasteiger partial charge >= 0.3 is 0 Å². The van der Waals surface area contributed by atoms with E-state index in [9.17, 15) is 4.89 Å². The van der Waals surface area contributed by atoms with E-state index in [1.807, 2.05) is 18.8 Å². The molecule has 1 N–H and O–H groups in total. The third-order valence-corrected chi connectivity index (χ3v) is 14.9. The maximum absolute atomic E-state index is 9.18. The van der Waals surface area contributed by atoms with Gasteiger partial charge in [-0.25, -0.2) is 0 Å². The summed E-state index contributed by atoms with van der Waals surface area (Å²) in [4.78, 5) is 9.18. The Balaban J connectivity index is 4.26. The predicted octanol–water partition coefficient (Wildman–Crippen LogP) is 1.83. The summed E-state index contributed by atoms with van der Waals surface area (Å²) in [7, 11) is -0.995. The Morgan fingerprint density at radius 3 is 1.62 bits per heavy atom. The zero-order chi connectivity index (χ0) is 7.00. The van der Waals surface area contributed by atoms with Gasteiger partial charge in [0.1, 0.15) is 0 Å². The molecular formula is C3H11OPS3. The van der Waals surface area contributed by atoms with E-state index in [2.05, 4.69) is 12.2 Å². The Morgan fingerprint density at radius 1 is 1.50 bits per heavy atom. The van der Waals surface area contributed by atoms with E-state index in [1.165, 1.54) is 0 Å². The third kappa shape index (κ3) is 2.74. The van der Waals surface area contributed by atoms with Crippen molar-refractivity contribution in [3.63, 3.8) is 0 Å². The highest BCUT2D eigenvalue weighted by atomic mass is 33.3. The molecule has 0 fully saturated rings. The standard InChI is InChI=1S/C3H11OPS3/c1-8(2,3)5(4,6)7/h1-3H3,(H2,4,6,7). The second-order valence-electron chi connectivity index (χ2n) is 2.26. The van der Waals surface area contributed by atoms with Crippen LogP contribution in [0.25, 0.3) is 0 Å². The van der Waals surface area contributed by atoms with Crippen LogP contribution in [-0.2, 0) is 11.8 Å². The fraction of sp³-hybridized carbons (Fsp3) is 1.00. The highest BCUT2D eigenvalue weighted by Gasteiger charge is 2.19. The van der Waals surface area contributed by atoms with Gasteiger partial charge in [0.25, 0.3) is 0 Å². The normalized spacial score (nSPS) is 22.1. The van der Waals surface area contributed by atoms with Gasteiger partial charge < -0.3 is 4.89 Å².